The van der Waals surface area contributed by atoms with E-state index in [0.29, 0.717) is 11.8 Å². The number of aromatic nitrogens is 1. The first-order valence-corrected chi connectivity index (χ1v) is 22.6. The number of allylic oxidation sites excluding steroid dienone is 2. The Bertz CT molecular complexity index is 2080. The van der Waals surface area contributed by atoms with E-state index in [-0.39, 0.29) is 37.1 Å². The molecule has 0 spiro atoms. The van der Waals surface area contributed by atoms with Gasteiger partial charge in [-0.2, -0.15) is 0 Å². The maximum absolute atomic E-state index is 11.5. The van der Waals surface area contributed by atoms with Crippen LogP contribution in [-0.2, 0) is 24.9 Å². The van der Waals surface area contributed by atoms with E-state index in [1.165, 1.54) is 55.6 Å². The topological polar surface area (TPSA) is 50.2 Å². The Morgan fingerprint density at radius 2 is 1.33 bits per heavy atom. The summed E-state index contributed by atoms with van der Waals surface area (Å²) in [6, 6.07) is 33.0. The third-order valence-electron chi connectivity index (χ3n) is 9.69. The summed E-state index contributed by atoms with van der Waals surface area (Å²) in [5, 5.41) is 12.3. The number of hydrogen-bond donors (Lipinski definition) is 1. The summed E-state index contributed by atoms with van der Waals surface area (Å²) in [5.41, 5.74) is 12.7. The summed E-state index contributed by atoms with van der Waals surface area (Å²) >= 11 is 0. The van der Waals surface area contributed by atoms with E-state index >= 15 is 0 Å². The van der Waals surface area contributed by atoms with Crippen LogP contribution in [0.3, 0.4) is 0 Å². The van der Waals surface area contributed by atoms with Crippen molar-refractivity contribution in [1.82, 2.24) is 4.98 Å². The van der Waals surface area contributed by atoms with Crippen LogP contribution >= 0.6 is 0 Å². The molecule has 5 heteroatoms. The first-order chi connectivity index (χ1) is 24.5. The van der Waals surface area contributed by atoms with Crippen molar-refractivity contribution in [3.8, 4) is 33.5 Å². The molecule has 289 valence electrons. The minimum absolute atomic E-state index is 0. The third kappa shape index (κ3) is 11.0. The molecule has 0 aliphatic heterocycles. The van der Waals surface area contributed by atoms with Crippen LogP contribution in [0.25, 0.3) is 44.4 Å². The van der Waals surface area contributed by atoms with Gasteiger partial charge < -0.3 is 5.11 Å². The Kier molecular flexibility index (Phi) is 14.5. The van der Waals surface area contributed by atoms with Crippen LogP contribution < -0.4 is 5.19 Å². The molecule has 0 fully saturated rings. The largest absolute Gasteiger partial charge is 0.512 e. The molecule has 4 aromatic carbocycles. The molecule has 0 unspecified atom stereocenters. The van der Waals surface area contributed by atoms with Gasteiger partial charge in [-0.3, -0.25) is 9.78 Å². The number of nitrogens with zero attached hydrogens (tertiary/aromatic N) is 1. The fraction of sp³-hybridized carbons (Fsp3) is 0.388. The van der Waals surface area contributed by atoms with Crippen molar-refractivity contribution >= 4 is 29.9 Å². The van der Waals surface area contributed by atoms with Gasteiger partial charge in [0.15, 0.2) is 5.78 Å². The molecule has 1 aromatic heterocycles. The number of rotatable bonds is 7. The molecular formula is C49H62IrNO2Si-. The Morgan fingerprint density at radius 1 is 0.759 bits per heavy atom. The second-order valence-electron chi connectivity index (χ2n) is 18.4. The standard InChI is InChI=1S/C38H42NSi.C11H20O2.Ir/c1-24(2)32-20-29(28-13-11-10-12-14-28)21-33(25(3)4)38(32)35-23-37(30-18-26(5)17-27(6)19-30)39-36-16-15-31(22-34(35)36)40(7,8)9;1-10(2,3)8(12)7-9(13)11(4,5)6;/h10-18,20-25H,1-9H3;7,12H,1-6H3;/q-1;;/b;8-7-;. The number of fused-ring (bicyclic) bond motifs is 1. The Labute approximate surface area is 341 Å². The third-order valence-corrected chi connectivity index (χ3v) is 11.7. The quantitative estimate of drug-likeness (QED) is 0.0766. The summed E-state index contributed by atoms with van der Waals surface area (Å²) in [7, 11) is -1.52. The number of hydrogen-bond acceptors (Lipinski definition) is 3. The normalized spacial score (nSPS) is 12.4. The Morgan fingerprint density at radius 3 is 1.81 bits per heavy atom. The van der Waals surface area contributed by atoms with E-state index in [1.807, 2.05) is 41.5 Å². The van der Waals surface area contributed by atoms with Gasteiger partial charge in [0.05, 0.1) is 13.6 Å². The fourth-order valence-electron chi connectivity index (χ4n) is 6.33. The molecule has 0 saturated carbocycles. The number of carbonyl (C=O) groups excluding carboxylic acids is 1. The van der Waals surface area contributed by atoms with Crippen LogP contribution in [-0.4, -0.2) is 23.9 Å². The molecule has 5 rings (SSSR count). The SMILES string of the molecule is CC(C)(C)C(=O)/C=C(\O)C(C)(C)C.Cc1[c-]c(-c2cc(-c3c(C(C)C)cc(-c4ccccc4)cc3C(C)C)c3cc([Si](C)(C)C)ccc3n2)cc(C)c1.[Ir]. The molecule has 3 nitrogen and oxygen atoms in total. The Balaban J connectivity index is 0.000000481. The van der Waals surface area contributed by atoms with Crippen LogP contribution in [0.2, 0.25) is 19.6 Å². The van der Waals surface area contributed by atoms with Gasteiger partial charge in [-0.1, -0.05) is 169 Å². The molecule has 1 N–H and O–H groups in total. The van der Waals surface area contributed by atoms with Crippen LogP contribution in [0.4, 0.5) is 0 Å². The zero-order valence-corrected chi connectivity index (χ0v) is 38.8. The van der Waals surface area contributed by atoms with Crippen molar-refractivity contribution < 1.29 is 30.0 Å². The van der Waals surface area contributed by atoms with Crippen molar-refractivity contribution in [3.05, 3.63) is 119 Å². The smallest absolute Gasteiger partial charge is 0.164 e. The molecule has 0 bridgehead atoms. The zero-order chi connectivity index (χ0) is 39.6. The van der Waals surface area contributed by atoms with Gasteiger partial charge in [-0.25, -0.2) is 0 Å². The summed E-state index contributed by atoms with van der Waals surface area (Å²) in [4.78, 5) is 16.7. The van der Waals surface area contributed by atoms with Crippen LogP contribution in [0.15, 0.2) is 90.7 Å². The Hall–Kier alpha value is -3.63. The first-order valence-electron chi connectivity index (χ1n) is 19.1. The zero-order valence-electron chi connectivity index (χ0n) is 35.4. The maximum Gasteiger partial charge on any atom is 0.164 e. The molecule has 0 saturated heterocycles. The first kappa shape index (κ1) is 44.8. The number of aliphatic hydroxyl groups is 1. The van der Waals surface area contributed by atoms with E-state index in [2.05, 4.69) is 146 Å². The number of pyridine rings is 1. The molecular weight excluding hydrogens is 855 g/mol. The molecule has 0 atom stereocenters. The second kappa shape index (κ2) is 17.4. The van der Waals surface area contributed by atoms with Gasteiger partial charge in [0.2, 0.25) is 0 Å². The van der Waals surface area contributed by atoms with E-state index < -0.39 is 13.5 Å². The molecule has 5 aromatic rings. The van der Waals surface area contributed by atoms with Crippen molar-refractivity contribution in [2.45, 2.75) is 115 Å². The summed E-state index contributed by atoms with van der Waals surface area (Å²) in [5.74, 6) is 0.846. The predicted molar refractivity (Wildman–Crippen MR) is 232 cm³/mol. The van der Waals surface area contributed by atoms with Crippen LogP contribution in [0.1, 0.15) is 103 Å². The minimum atomic E-state index is -1.52. The van der Waals surface area contributed by atoms with Gasteiger partial charge >= 0.3 is 0 Å². The van der Waals surface area contributed by atoms with Crippen LogP contribution in [0, 0.1) is 30.7 Å². The number of ketones is 1. The molecule has 0 aliphatic carbocycles. The van der Waals surface area contributed by atoms with Gasteiger partial charge in [0, 0.05) is 42.4 Å². The van der Waals surface area contributed by atoms with Crippen molar-refractivity contribution in [3.63, 3.8) is 0 Å². The molecule has 1 heterocycles. The van der Waals surface area contributed by atoms with Crippen LogP contribution in [0.5, 0.6) is 0 Å². The van der Waals surface area contributed by atoms with Gasteiger partial charge in [-0.15, -0.1) is 34.9 Å². The summed E-state index contributed by atoms with van der Waals surface area (Å²) in [6.07, 6.45) is 1.33. The van der Waals surface area contributed by atoms with Crippen molar-refractivity contribution in [2.75, 3.05) is 0 Å². The molecule has 1 radical (unpaired) electrons. The summed E-state index contributed by atoms with van der Waals surface area (Å²) < 4.78 is 0. The average molecular weight is 917 g/mol. The van der Waals surface area contributed by atoms with Crippen molar-refractivity contribution in [2.24, 2.45) is 10.8 Å². The number of aryl methyl sites for hydroxylation is 2. The monoisotopic (exact) mass is 917 g/mol. The van der Waals surface area contributed by atoms with E-state index in [4.69, 9.17) is 4.98 Å². The van der Waals surface area contributed by atoms with Crippen molar-refractivity contribution in [1.29, 1.82) is 0 Å². The van der Waals surface area contributed by atoms with E-state index in [9.17, 15) is 9.90 Å². The molecule has 0 aliphatic rings. The predicted octanol–water partition coefficient (Wildman–Crippen LogP) is 13.5. The average Bonchev–Trinajstić information content (AvgIpc) is 3.05. The molecule has 0 amide bonds. The summed E-state index contributed by atoms with van der Waals surface area (Å²) in [6.45, 7) is 32.0. The van der Waals surface area contributed by atoms with Gasteiger partial charge in [0.1, 0.15) is 5.76 Å². The molecule has 54 heavy (non-hydrogen) atoms. The van der Waals surface area contributed by atoms with Gasteiger partial charge in [-0.05, 0) is 57.0 Å². The minimum Gasteiger partial charge on any atom is -0.512 e. The fourth-order valence-corrected chi connectivity index (χ4v) is 7.50. The number of carbonyl (C=O) groups is 1. The van der Waals surface area contributed by atoms with Gasteiger partial charge in [0.25, 0.3) is 0 Å². The van der Waals surface area contributed by atoms with E-state index in [1.54, 1.807) is 0 Å². The maximum atomic E-state index is 11.5. The second-order valence-corrected chi connectivity index (χ2v) is 23.5. The van der Waals surface area contributed by atoms with E-state index in [0.717, 1.165) is 22.3 Å². The number of benzene rings is 4. The number of aliphatic hydroxyl groups excluding tert-OH is 1.